The summed E-state index contributed by atoms with van der Waals surface area (Å²) in [4.78, 5) is 48.9. The van der Waals surface area contributed by atoms with Gasteiger partial charge in [0.2, 0.25) is 11.8 Å². The number of benzene rings is 2. The van der Waals surface area contributed by atoms with E-state index in [1.165, 1.54) is 0 Å². The Bertz CT molecular complexity index is 1450. The van der Waals surface area contributed by atoms with Crippen LogP contribution in [0.5, 0.6) is 0 Å². The van der Waals surface area contributed by atoms with Gasteiger partial charge in [-0.25, -0.2) is 0 Å². The van der Waals surface area contributed by atoms with Crippen LogP contribution in [0.3, 0.4) is 0 Å². The van der Waals surface area contributed by atoms with Crippen LogP contribution in [0.1, 0.15) is 36.5 Å². The predicted octanol–water partition coefficient (Wildman–Crippen LogP) is 4.60. The molecule has 2 bridgehead atoms. The average Bonchev–Trinajstić information content (AvgIpc) is 3.63. The lowest BCUT2D eigenvalue weighted by Gasteiger charge is -2.40. The SMILES string of the molecule is C=CCN(CCC)C(=O)[C@H]1[C@@H]2OC3(CC2Br)C(C(=O)N(CC=C)c2cc(C)ccc2C)N([C@@H](CO)Cc2ccccc2)C(=O)[C@H]13. The number of alkyl halides is 1. The highest BCUT2D eigenvalue weighted by Gasteiger charge is 2.77. The van der Waals surface area contributed by atoms with Crippen molar-refractivity contribution in [2.24, 2.45) is 11.8 Å². The van der Waals surface area contributed by atoms with E-state index in [4.69, 9.17) is 4.74 Å². The monoisotopic (exact) mass is 677 g/mol. The van der Waals surface area contributed by atoms with Crippen molar-refractivity contribution in [3.8, 4) is 0 Å². The van der Waals surface area contributed by atoms with Crippen LogP contribution in [0.25, 0.3) is 0 Å². The minimum absolute atomic E-state index is 0.166. The van der Waals surface area contributed by atoms with E-state index in [0.29, 0.717) is 25.9 Å². The molecule has 3 amide bonds. The molecule has 0 radical (unpaired) electrons. The number of aliphatic hydroxyl groups is 1. The molecule has 3 heterocycles. The molecule has 5 rings (SSSR count). The molecular formula is C36H44BrN3O5. The van der Waals surface area contributed by atoms with Crippen molar-refractivity contribution in [2.75, 3.05) is 31.1 Å². The maximum atomic E-state index is 15.1. The summed E-state index contributed by atoms with van der Waals surface area (Å²) in [5.74, 6) is -2.43. The summed E-state index contributed by atoms with van der Waals surface area (Å²) >= 11 is 3.78. The molecule has 8 nitrogen and oxygen atoms in total. The topological polar surface area (TPSA) is 90.4 Å². The molecule has 7 atom stereocenters. The second-order valence-corrected chi connectivity index (χ2v) is 13.7. The Hall–Kier alpha value is -3.27. The molecule has 2 aromatic carbocycles. The number of rotatable bonds is 13. The average molecular weight is 679 g/mol. The van der Waals surface area contributed by atoms with Crippen molar-refractivity contribution >= 4 is 39.3 Å². The van der Waals surface area contributed by atoms with Crippen molar-refractivity contribution in [2.45, 2.75) is 68.6 Å². The number of anilines is 1. The molecular weight excluding hydrogens is 634 g/mol. The number of aryl methyl sites for hydroxylation is 2. The van der Waals surface area contributed by atoms with Gasteiger partial charge in [-0.2, -0.15) is 0 Å². The largest absolute Gasteiger partial charge is 0.394 e. The molecule has 1 N–H and O–H groups in total. The minimum Gasteiger partial charge on any atom is -0.394 e. The van der Waals surface area contributed by atoms with Gasteiger partial charge in [0, 0.05) is 30.1 Å². The number of aliphatic hydroxyl groups excluding tert-OH is 1. The highest BCUT2D eigenvalue weighted by Crippen LogP contribution is 2.61. The molecule has 1 spiro atoms. The Kier molecular flexibility index (Phi) is 10.0. The van der Waals surface area contributed by atoms with Crippen molar-refractivity contribution in [1.29, 1.82) is 0 Å². The van der Waals surface area contributed by atoms with Crippen LogP contribution >= 0.6 is 15.9 Å². The Labute approximate surface area is 274 Å². The standard InChI is InChI=1S/C36H44BrN3O5/c1-6-16-38(17-7-2)33(42)29-30-34(43)40(26(22-41)20-25-12-10-9-11-13-25)32(36(30)21-27(37)31(29)45-36)35(44)39(18-8-3)28-19-23(4)14-15-24(28)5/h6,8-15,19,26-27,29-32,41H,1,3,7,16-18,20-22H2,2,4-5H3/t26-,27?,29-,30+,31-,32?,36?/m1/s1. The number of ether oxygens (including phenoxy) is 1. The van der Waals surface area contributed by atoms with E-state index in [1.54, 1.807) is 26.9 Å². The molecule has 0 saturated carbocycles. The van der Waals surface area contributed by atoms with Crippen LogP contribution in [0.2, 0.25) is 0 Å². The molecule has 3 unspecified atom stereocenters. The zero-order chi connectivity index (χ0) is 32.5. The second-order valence-electron chi connectivity index (χ2n) is 12.5. The fourth-order valence-corrected chi connectivity index (χ4v) is 8.62. The van der Waals surface area contributed by atoms with E-state index in [2.05, 4.69) is 29.1 Å². The summed E-state index contributed by atoms with van der Waals surface area (Å²) in [5.41, 5.74) is 2.31. The van der Waals surface area contributed by atoms with Crippen LogP contribution in [0, 0.1) is 25.7 Å². The van der Waals surface area contributed by atoms with Crippen molar-refractivity contribution in [1.82, 2.24) is 9.80 Å². The molecule has 3 aliphatic heterocycles. The zero-order valence-corrected chi connectivity index (χ0v) is 28.0. The van der Waals surface area contributed by atoms with E-state index in [1.807, 2.05) is 69.3 Å². The number of fused-ring (bicyclic) bond motifs is 1. The summed E-state index contributed by atoms with van der Waals surface area (Å²) in [6, 6.07) is 13.8. The third-order valence-electron chi connectivity index (χ3n) is 9.55. The lowest BCUT2D eigenvalue weighted by molar-refractivity contribution is -0.147. The number of hydrogen-bond acceptors (Lipinski definition) is 5. The van der Waals surface area contributed by atoms with Crippen LogP contribution in [0.4, 0.5) is 5.69 Å². The quantitative estimate of drug-likeness (QED) is 0.247. The molecule has 9 heteroatoms. The third-order valence-corrected chi connectivity index (χ3v) is 10.4. The molecule has 3 aliphatic rings. The van der Waals surface area contributed by atoms with E-state index in [-0.39, 0.29) is 35.7 Å². The predicted molar refractivity (Wildman–Crippen MR) is 179 cm³/mol. The van der Waals surface area contributed by atoms with Gasteiger partial charge in [-0.3, -0.25) is 14.4 Å². The van der Waals surface area contributed by atoms with E-state index in [0.717, 1.165) is 28.8 Å². The van der Waals surface area contributed by atoms with Crippen LogP contribution in [-0.4, -0.2) is 87.5 Å². The number of halogens is 1. The van der Waals surface area contributed by atoms with Gasteiger partial charge in [-0.1, -0.05) is 77.5 Å². The van der Waals surface area contributed by atoms with E-state index in [9.17, 15) is 14.7 Å². The Balaban J connectivity index is 1.65. The first-order valence-corrected chi connectivity index (χ1v) is 16.7. The van der Waals surface area contributed by atoms with Gasteiger partial charge < -0.3 is 24.5 Å². The summed E-state index contributed by atoms with van der Waals surface area (Å²) in [6.45, 7) is 14.4. The fourth-order valence-electron chi connectivity index (χ4n) is 7.68. The van der Waals surface area contributed by atoms with Gasteiger partial charge in [-0.05, 0) is 55.9 Å². The maximum absolute atomic E-state index is 15.1. The normalized spacial score (nSPS) is 27.3. The number of carbonyl (C=O) groups is 3. The van der Waals surface area contributed by atoms with Crippen molar-refractivity contribution in [3.63, 3.8) is 0 Å². The first-order chi connectivity index (χ1) is 21.6. The molecule has 0 aliphatic carbocycles. The summed E-state index contributed by atoms with van der Waals surface area (Å²) in [6.07, 6.45) is 4.29. The van der Waals surface area contributed by atoms with Gasteiger partial charge in [0.05, 0.1) is 30.6 Å². The first kappa shape index (κ1) is 33.1. The lowest BCUT2D eigenvalue weighted by Crippen LogP contribution is -2.59. The van der Waals surface area contributed by atoms with Crippen LogP contribution in [-0.2, 0) is 25.5 Å². The summed E-state index contributed by atoms with van der Waals surface area (Å²) in [5, 5.41) is 10.8. The van der Waals surface area contributed by atoms with E-state index < -0.39 is 35.6 Å². The molecule has 3 fully saturated rings. The number of amides is 3. The number of likely N-dealkylation sites (tertiary alicyclic amines) is 1. The van der Waals surface area contributed by atoms with Gasteiger partial charge in [0.15, 0.2) is 0 Å². The zero-order valence-electron chi connectivity index (χ0n) is 26.4. The number of carbonyl (C=O) groups excluding carboxylic acids is 3. The van der Waals surface area contributed by atoms with Crippen LogP contribution in [0.15, 0.2) is 73.8 Å². The molecule has 3 saturated heterocycles. The molecule has 0 aromatic heterocycles. The van der Waals surface area contributed by atoms with Gasteiger partial charge >= 0.3 is 0 Å². The third kappa shape index (κ3) is 5.79. The number of hydrogen-bond donors (Lipinski definition) is 1. The summed E-state index contributed by atoms with van der Waals surface area (Å²) in [7, 11) is 0. The highest BCUT2D eigenvalue weighted by atomic mass is 79.9. The van der Waals surface area contributed by atoms with Crippen molar-refractivity contribution < 1.29 is 24.2 Å². The molecule has 2 aromatic rings. The van der Waals surface area contributed by atoms with Gasteiger partial charge in [0.25, 0.3) is 5.91 Å². The molecule has 45 heavy (non-hydrogen) atoms. The van der Waals surface area contributed by atoms with Crippen molar-refractivity contribution in [3.05, 3.63) is 90.5 Å². The lowest BCUT2D eigenvalue weighted by atomic mass is 9.70. The molecule has 240 valence electrons. The Morgan fingerprint density at radius 1 is 1.13 bits per heavy atom. The van der Waals surface area contributed by atoms with Gasteiger partial charge in [-0.15, -0.1) is 13.2 Å². The highest BCUT2D eigenvalue weighted by molar-refractivity contribution is 9.09. The van der Waals surface area contributed by atoms with E-state index >= 15 is 4.79 Å². The Morgan fingerprint density at radius 3 is 2.49 bits per heavy atom. The smallest absolute Gasteiger partial charge is 0.253 e. The maximum Gasteiger partial charge on any atom is 0.253 e. The second kappa shape index (κ2) is 13.6. The van der Waals surface area contributed by atoms with Crippen LogP contribution < -0.4 is 4.90 Å². The van der Waals surface area contributed by atoms with Gasteiger partial charge in [0.1, 0.15) is 11.6 Å². The number of nitrogens with zero attached hydrogens (tertiary/aromatic N) is 3. The summed E-state index contributed by atoms with van der Waals surface area (Å²) < 4.78 is 6.80. The first-order valence-electron chi connectivity index (χ1n) is 15.8. The minimum atomic E-state index is -1.25. The Morgan fingerprint density at radius 2 is 1.84 bits per heavy atom. The fraction of sp³-hybridized carbons (Fsp3) is 0.472.